The van der Waals surface area contributed by atoms with Crippen LogP contribution in [0, 0.1) is 13.8 Å². The molecule has 0 aliphatic heterocycles. The first-order valence-corrected chi connectivity index (χ1v) is 9.03. The van der Waals surface area contributed by atoms with Crippen LogP contribution in [0.25, 0.3) is 0 Å². The highest BCUT2D eigenvalue weighted by Crippen LogP contribution is 2.20. The summed E-state index contributed by atoms with van der Waals surface area (Å²) >= 11 is 0. The summed E-state index contributed by atoms with van der Waals surface area (Å²) in [5.74, 6) is 0. The van der Waals surface area contributed by atoms with Crippen molar-refractivity contribution in [2.75, 3.05) is 23.2 Å². The van der Waals surface area contributed by atoms with Crippen molar-refractivity contribution in [2.45, 2.75) is 24.8 Å². The van der Waals surface area contributed by atoms with Gasteiger partial charge in [0.15, 0.2) is 0 Å². The summed E-state index contributed by atoms with van der Waals surface area (Å²) in [5.41, 5.74) is 3.29. The highest BCUT2D eigenvalue weighted by molar-refractivity contribution is 7.92. The molecule has 0 aliphatic rings. The van der Waals surface area contributed by atoms with Gasteiger partial charge in [0.2, 0.25) is 0 Å². The van der Waals surface area contributed by atoms with Crippen molar-refractivity contribution >= 4 is 21.4 Å². The van der Waals surface area contributed by atoms with Crippen LogP contribution in [0.5, 0.6) is 0 Å². The number of nitrogens with one attached hydrogen (secondary N) is 2. The Morgan fingerprint density at radius 2 is 1.62 bits per heavy atom. The molecule has 2 aromatic rings. The van der Waals surface area contributed by atoms with Crippen LogP contribution in [0.4, 0.5) is 11.4 Å². The normalized spacial score (nSPS) is 12.7. The average molecular weight is 350 g/mol. The predicted octanol–water partition coefficient (Wildman–Crippen LogP) is 1.87. The summed E-state index contributed by atoms with van der Waals surface area (Å²) in [6.07, 6.45) is -0.861. The van der Waals surface area contributed by atoms with Gasteiger partial charge >= 0.3 is 0 Å². The van der Waals surface area contributed by atoms with E-state index in [1.54, 1.807) is 24.3 Å². The number of rotatable bonds is 7. The van der Waals surface area contributed by atoms with Gasteiger partial charge < -0.3 is 15.5 Å². The first kappa shape index (κ1) is 18.3. The van der Waals surface area contributed by atoms with E-state index in [-0.39, 0.29) is 18.0 Å². The monoisotopic (exact) mass is 350 g/mol. The Bertz CT molecular complexity index is 789. The molecule has 0 spiro atoms. The van der Waals surface area contributed by atoms with Crippen molar-refractivity contribution in [2.24, 2.45) is 0 Å². The molecule has 0 bridgehead atoms. The highest BCUT2D eigenvalue weighted by atomic mass is 32.2. The Morgan fingerprint density at radius 3 is 2.21 bits per heavy atom. The number of anilines is 2. The second-order valence-corrected chi connectivity index (χ2v) is 7.33. The molecule has 0 saturated carbocycles. The maximum absolute atomic E-state index is 12.4. The van der Waals surface area contributed by atoms with Crippen LogP contribution in [0.2, 0.25) is 0 Å². The molecule has 130 valence electrons. The minimum atomic E-state index is -3.66. The SMILES string of the molecule is Cc1ccc(NS(=O)(=O)c2ccc(NCC(O)CO)cc2)cc1C. The molecule has 0 fully saturated rings. The van der Waals surface area contributed by atoms with Gasteiger partial charge in [0.1, 0.15) is 0 Å². The van der Waals surface area contributed by atoms with Gasteiger partial charge in [0, 0.05) is 17.9 Å². The minimum Gasteiger partial charge on any atom is -0.394 e. The van der Waals surface area contributed by atoms with Crippen LogP contribution in [0.1, 0.15) is 11.1 Å². The van der Waals surface area contributed by atoms with Gasteiger partial charge in [-0.2, -0.15) is 0 Å². The van der Waals surface area contributed by atoms with Gasteiger partial charge in [-0.15, -0.1) is 0 Å². The molecule has 0 aromatic heterocycles. The fourth-order valence-electron chi connectivity index (χ4n) is 2.07. The molecule has 7 heteroatoms. The summed E-state index contributed by atoms with van der Waals surface area (Å²) in [4.78, 5) is 0.147. The quantitative estimate of drug-likeness (QED) is 0.611. The minimum absolute atomic E-state index is 0.147. The zero-order valence-electron chi connectivity index (χ0n) is 13.7. The molecule has 1 atom stereocenters. The van der Waals surface area contributed by atoms with Gasteiger partial charge in [0.05, 0.1) is 17.6 Å². The Labute approximate surface area is 142 Å². The molecule has 1 unspecified atom stereocenters. The molecule has 0 amide bonds. The van der Waals surface area contributed by atoms with Gasteiger partial charge in [-0.3, -0.25) is 4.72 Å². The van der Waals surface area contributed by atoms with E-state index < -0.39 is 16.1 Å². The molecule has 4 N–H and O–H groups in total. The molecular weight excluding hydrogens is 328 g/mol. The molecule has 0 saturated heterocycles. The van der Waals surface area contributed by atoms with E-state index >= 15 is 0 Å². The van der Waals surface area contributed by atoms with E-state index in [2.05, 4.69) is 10.0 Å². The van der Waals surface area contributed by atoms with Gasteiger partial charge in [-0.25, -0.2) is 8.42 Å². The summed E-state index contributed by atoms with van der Waals surface area (Å²) in [6, 6.07) is 11.6. The number of aliphatic hydroxyl groups excluding tert-OH is 2. The second-order valence-electron chi connectivity index (χ2n) is 5.65. The molecule has 6 nitrogen and oxygen atoms in total. The Kier molecular flexibility index (Phi) is 5.82. The lowest BCUT2D eigenvalue weighted by Crippen LogP contribution is -2.22. The van der Waals surface area contributed by atoms with Gasteiger partial charge in [-0.05, 0) is 61.4 Å². The van der Waals surface area contributed by atoms with Crippen LogP contribution in [-0.2, 0) is 10.0 Å². The standard InChI is InChI=1S/C17H22N2O4S/c1-12-3-4-15(9-13(12)2)19-24(22,23)17-7-5-14(6-8-17)18-10-16(21)11-20/h3-9,16,18-21H,10-11H2,1-2H3. The number of sulfonamides is 1. The third kappa shape index (κ3) is 4.70. The van der Waals surface area contributed by atoms with Crippen molar-refractivity contribution in [1.29, 1.82) is 0 Å². The summed E-state index contributed by atoms with van der Waals surface area (Å²) in [6.45, 7) is 3.74. The number of aliphatic hydroxyl groups is 2. The third-order valence-electron chi connectivity index (χ3n) is 3.68. The average Bonchev–Trinajstić information content (AvgIpc) is 2.56. The number of hydrogen-bond acceptors (Lipinski definition) is 5. The van der Waals surface area contributed by atoms with E-state index in [1.165, 1.54) is 12.1 Å². The van der Waals surface area contributed by atoms with Crippen molar-refractivity contribution in [3.05, 3.63) is 53.6 Å². The maximum atomic E-state index is 12.4. The van der Waals surface area contributed by atoms with Crippen LogP contribution in [-0.4, -0.2) is 37.9 Å². The van der Waals surface area contributed by atoms with Crippen molar-refractivity contribution in [3.8, 4) is 0 Å². The Morgan fingerprint density at radius 1 is 1.00 bits per heavy atom. The van der Waals surface area contributed by atoms with Crippen LogP contribution >= 0.6 is 0 Å². The Balaban J connectivity index is 2.10. The van der Waals surface area contributed by atoms with E-state index in [0.29, 0.717) is 11.4 Å². The topological polar surface area (TPSA) is 98.7 Å². The van der Waals surface area contributed by atoms with Crippen LogP contribution < -0.4 is 10.0 Å². The Hall–Kier alpha value is -2.09. The smallest absolute Gasteiger partial charge is 0.261 e. The first-order valence-electron chi connectivity index (χ1n) is 7.55. The lowest BCUT2D eigenvalue weighted by atomic mass is 10.1. The number of hydrogen-bond donors (Lipinski definition) is 4. The number of benzene rings is 2. The summed E-state index contributed by atoms with van der Waals surface area (Å²) < 4.78 is 27.4. The fourth-order valence-corrected chi connectivity index (χ4v) is 3.12. The van der Waals surface area contributed by atoms with E-state index in [9.17, 15) is 13.5 Å². The van der Waals surface area contributed by atoms with E-state index in [4.69, 9.17) is 5.11 Å². The van der Waals surface area contributed by atoms with Crippen molar-refractivity contribution in [3.63, 3.8) is 0 Å². The molecule has 0 radical (unpaired) electrons. The zero-order valence-corrected chi connectivity index (χ0v) is 14.5. The highest BCUT2D eigenvalue weighted by Gasteiger charge is 2.14. The molecule has 0 heterocycles. The second kappa shape index (κ2) is 7.65. The molecular formula is C17H22N2O4S. The zero-order chi connectivity index (χ0) is 17.7. The van der Waals surface area contributed by atoms with Gasteiger partial charge in [-0.1, -0.05) is 6.07 Å². The van der Waals surface area contributed by atoms with E-state index in [1.807, 2.05) is 19.9 Å². The summed E-state index contributed by atoms with van der Waals surface area (Å²) in [5, 5.41) is 21.0. The van der Waals surface area contributed by atoms with Crippen LogP contribution in [0.3, 0.4) is 0 Å². The molecule has 0 aliphatic carbocycles. The van der Waals surface area contributed by atoms with Crippen molar-refractivity contribution < 1.29 is 18.6 Å². The molecule has 2 rings (SSSR count). The van der Waals surface area contributed by atoms with Gasteiger partial charge in [0.25, 0.3) is 10.0 Å². The maximum Gasteiger partial charge on any atom is 0.261 e. The lowest BCUT2D eigenvalue weighted by Gasteiger charge is -2.12. The molecule has 2 aromatic carbocycles. The first-order chi connectivity index (χ1) is 11.3. The third-order valence-corrected chi connectivity index (χ3v) is 5.07. The largest absolute Gasteiger partial charge is 0.394 e. The predicted molar refractivity (Wildman–Crippen MR) is 94.7 cm³/mol. The fraction of sp³-hybridized carbons (Fsp3) is 0.294. The van der Waals surface area contributed by atoms with E-state index in [0.717, 1.165) is 11.1 Å². The summed E-state index contributed by atoms with van der Waals surface area (Å²) in [7, 11) is -3.66. The lowest BCUT2D eigenvalue weighted by molar-refractivity contribution is 0.105. The molecule has 24 heavy (non-hydrogen) atoms. The number of aryl methyl sites for hydroxylation is 2. The van der Waals surface area contributed by atoms with Crippen molar-refractivity contribution in [1.82, 2.24) is 0 Å². The van der Waals surface area contributed by atoms with Crippen LogP contribution in [0.15, 0.2) is 47.4 Å².